The number of para-hydroxylation sites is 1. The molecular weight excluding hydrogens is 304 g/mol. The van der Waals surface area contributed by atoms with Crippen molar-refractivity contribution in [3.8, 4) is 0 Å². The van der Waals surface area contributed by atoms with Crippen LogP contribution >= 0.6 is 15.9 Å². The third kappa shape index (κ3) is 2.35. The molecule has 1 aliphatic rings. The number of nitrogens with zero attached hydrogens (tertiary/aromatic N) is 1. The number of benzene rings is 1. The van der Waals surface area contributed by atoms with Gasteiger partial charge in [0, 0.05) is 27.7 Å². The Morgan fingerprint density at radius 2 is 2.21 bits per heavy atom. The number of hydrogen-bond acceptors (Lipinski definition) is 3. The Labute approximate surface area is 121 Å². The second-order valence-corrected chi connectivity index (χ2v) is 5.64. The monoisotopic (exact) mass is 320 g/mol. The maximum atomic E-state index is 6.37. The van der Waals surface area contributed by atoms with Gasteiger partial charge in [0.05, 0.1) is 18.2 Å². The summed E-state index contributed by atoms with van der Waals surface area (Å²) >= 11 is 3.40. The van der Waals surface area contributed by atoms with Gasteiger partial charge in [0.25, 0.3) is 0 Å². The molecule has 0 saturated carbocycles. The van der Waals surface area contributed by atoms with E-state index in [2.05, 4.69) is 15.9 Å². The highest BCUT2D eigenvalue weighted by Crippen LogP contribution is 2.38. The average molecular weight is 321 g/mol. The molecule has 0 radical (unpaired) electrons. The van der Waals surface area contributed by atoms with Crippen molar-refractivity contribution >= 4 is 32.5 Å². The van der Waals surface area contributed by atoms with Crippen molar-refractivity contribution in [2.75, 3.05) is 17.7 Å². The number of alkyl halides is 1. The first-order valence-electron chi connectivity index (χ1n) is 6.66. The maximum absolute atomic E-state index is 6.37. The zero-order valence-electron chi connectivity index (χ0n) is 10.7. The Morgan fingerprint density at radius 3 is 3.05 bits per heavy atom. The average Bonchev–Trinajstić information content (AvgIpc) is 2.45. The van der Waals surface area contributed by atoms with Crippen molar-refractivity contribution in [3.63, 3.8) is 0 Å². The number of halogens is 1. The molecule has 2 aromatic rings. The quantitative estimate of drug-likeness (QED) is 0.879. The minimum absolute atomic E-state index is 0.0957. The van der Waals surface area contributed by atoms with Gasteiger partial charge in [0.2, 0.25) is 0 Å². The second-order valence-electron chi connectivity index (χ2n) is 4.84. The van der Waals surface area contributed by atoms with Gasteiger partial charge in [0.15, 0.2) is 0 Å². The first-order valence-corrected chi connectivity index (χ1v) is 7.78. The predicted octanol–water partition coefficient (Wildman–Crippen LogP) is 3.61. The fraction of sp³-hybridized carbons (Fsp3) is 0.400. The van der Waals surface area contributed by atoms with E-state index in [1.807, 2.05) is 24.3 Å². The van der Waals surface area contributed by atoms with Gasteiger partial charge in [-0.05, 0) is 25.3 Å². The van der Waals surface area contributed by atoms with Crippen LogP contribution in [0.25, 0.3) is 10.9 Å². The Bertz CT molecular complexity index is 600. The van der Waals surface area contributed by atoms with Crippen molar-refractivity contribution in [3.05, 3.63) is 35.5 Å². The Balaban J connectivity index is 2.11. The van der Waals surface area contributed by atoms with Gasteiger partial charge < -0.3 is 10.5 Å². The van der Waals surface area contributed by atoms with Gasteiger partial charge in [-0.25, -0.2) is 0 Å². The molecule has 100 valence electrons. The third-order valence-corrected chi connectivity index (χ3v) is 3.97. The van der Waals surface area contributed by atoms with E-state index in [1.165, 1.54) is 0 Å². The Kier molecular flexibility index (Phi) is 3.71. The van der Waals surface area contributed by atoms with Gasteiger partial charge >= 0.3 is 0 Å². The number of rotatable bonds is 3. The predicted molar refractivity (Wildman–Crippen MR) is 81.6 cm³/mol. The van der Waals surface area contributed by atoms with Gasteiger partial charge in [-0.1, -0.05) is 34.1 Å². The minimum atomic E-state index is 0.0957. The summed E-state index contributed by atoms with van der Waals surface area (Å²) in [5, 5.41) is 1.88. The molecule has 0 bridgehead atoms. The Morgan fingerprint density at radius 1 is 1.37 bits per heavy atom. The lowest BCUT2D eigenvalue weighted by Crippen LogP contribution is -2.17. The molecule has 19 heavy (non-hydrogen) atoms. The number of nitrogens with two attached hydrogens (primary N) is 1. The molecule has 4 heteroatoms. The summed E-state index contributed by atoms with van der Waals surface area (Å²) in [5.41, 5.74) is 10.4. The molecule has 2 N–H and O–H groups in total. The first kappa shape index (κ1) is 12.9. The molecule has 0 fully saturated rings. The molecule has 3 rings (SSSR count). The van der Waals surface area contributed by atoms with Crippen LogP contribution in [0.2, 0.25) is 0 Å². The molecule has 0 saturated heterocycles. The van der Waals surface area contributed by atoms with Crippen LogP contribution in [0.5, 0.6) is 0 Å². The number of anilines is 1. The van der Waals surface area contributed by atoms with E-state index in [-0.39, 0.29) is 6.10 Å². The molecule has 1 unspecified atom stereocenters. The molecule has 1 aliphatic carbocycles. The lowest BCUT2D eigenvalue weighted by atomic mass is 9.90. The third-order valence-electron chi connectivity index (χ3n) is 3.65. The summed E-state index contributed by atoms with van der Waals surface area (Å²) < 4.78 is 5.92. The van der Waals surface area contributed by atoms with Gasteiger partial charge in [0.1, 0.15) is 0 Å². The van der Waals surface area contributed by atoms with Crippen LogP contribution in [0.1, 0.15) is 30.2 Å². The van der Waals surface area contributed by atoms with Crippen LogP contribution in [-0.2, 0) is 11.2 Å². The molecule has 3 nitrogen and oxygen atoms in total. The highest BCUT2D eigenvalue weighted by Gasteiger charge is 2.25. The molecule has 0 spiro atoms. The van der Waals surface area contributed by atoms with E-state index in [1.54, 1.807) is 0 Å². The largest absolute Gasteiger partial charge is 0.398 e. The summed E-state index contributed by atoms with van der Waals surface area (Å²) in [6.45, 7) is 0.705. The van der Waals surface area contributed by atoms with Crippen molar-refractivity contribution in [1.29, 1.82) is 0 Å². The molecule has 0 amide bonds. The molecule has 1 aromatic heterocycles. The number of ether oxygens (including phenoxy) is 1. The van der Waals surface area contributed by atoms with Gasteiger partial charge in [-0.15, -0.1) is 0 Å². The van der Waals surface area contributed by atoms with Crippen molar-refractivity contribution in [1.82, 2.24) is 4.98 Å². The SMILES string of the molecule is Nc1c2c(nc3ccccc13)CCCC2OCCBr. The maximum Gasteiger partial charge on any atom is 0.0863 e. The fourth-order valence-corrected chi connectivity index (χ4v) is 2.99. The number of fused-ring (bicyclic) bond motifs is 2. The highest BCUT2D eigenvalue weighted by atomic mass is 79.9. The normalized spacial score (nSPS) is 18.5. The van der Waals surface area contributed by atoms with E-state index in [9.17, 15) is 0 Å². The molecule has 1 aromatic carbocycles. The lowest BCUT2D eigenvalue weighted by Gasteiger charge is -2.27. The number of nitrogen functional groups attached to an aromatic ring is 1. The smallest absolute Gasteiger partial charge is 0.0863 e. The van der Waals surface area contributed by atoms with Crippen molar-refractivity contribution < 1.29 is 4.74 Å². The van der Waals surface area contributed by atoms with E-state index in [0.717, 1.165) is 52.4 Å². The topological polar surface area (TPSA) is 48.1 Å². The van der Waals surface area contributed by atoms with Crippen LogP contribution < -0.4 is 5.73 Å². The van der Waals surface area contributed by atoms with E-state index in [4.69, 9.17) is 15.5 Å². The molecule has 1 heterocycles. The lowest BCUT2D eigenvalue weighted by molar-refractivity contribution is 0.0524. The standard InChI is InChI=1S/C15H17BrN2O/c16-8-9-19-13-7-3-6-12-14(13)15(17)10-4-1-2-5-11(10)18-12/h1-2,4-5,13H,3,6-9H2,(H2,17,18). The van der Waals surface area contributed by atoms with Crippen LogP contribution in [0, 0.1) is 0 Å². The Hall–Kier alpha value is -1.13. The molecular formula is C15H17BrN2O. The number of hydrogen-bond donors (Lipinski definition) is 1. The zero-order valence-corrected chi connectivity index (χ0v) is 12.3. The van der Waals surface area contributed by atoms with Crippen molar-refractivity contribution in [2.24, 2.45) is 0 Å². The number of aryl methyl sites for hydroxylation is 1. The van der Waals surface area contributed by atoms with Crippen LogP contribution in [-0.4, -0.2) is 16.9 Å². The second kappa shape index (κ2) is 5.47. The summed E-state index contributed by atoms with van der Waals surface area (Å²) in [4.78, 5) is 4.76. The van der Waals surface area contributed by atoms with E-state index in [0.29, 0.717) is 6.61 Å². The van der Waals surface area contributed by atoms with Gasteiger partial charge in [-0.3, -0.25) is 4.98 Å². The van der Waals surface area contributed by atoms with Crippen LogP contribution in [0.4, 0.5) is 5.69 Å². The van der Waals surface area contributed by atoms with Gasteiger partial charge in [-0.2, -0.15) is 0 Å². The molecule has 0 aliphatic heterocycles. The van der Waals surface area contributed by atoms with Crippen molar-refractivity contribution in [2.45, 2.75) is 25.4 Å². The zero-order chi connectivity index (χ0) is 13.2. The number of pyridine rings is 1. The van der Waals surface area contributed by atoms with E-state index >= 15 is 0 Å². The summed E-state index contributed by atoms with van der Waals surface area (Å²) in [6, 6.07) is 8.07. The van der Waals surface area contributed by atoms with Crippen LogP contribution in [0.3, 0.4) is 0 Å². The number of aromatic nitrogens is 1. The fourth-order valence-electron chi connectivity index (χ4n) is 2.81. The highest BCUT2D eigenvalue weighted by molar-refractivity contribution is 9.09. The first-order chi connectivity index (χ1) is 9.31. The van der Waals surface area contributed by atoms with E-state index < -0.39 is 0 Å². The summed E-state index contributed by atoms with van der Waals surface area (Å²) in [7, 11) is 0. The minimum Gasteiger partial charge on any atom is -0.398 e. The van der Waals surface area contributed by atoms with Crippen LogP contribution in [0.15, 0.2) is 24.3 Å². The molecule has 1 atom stereocenters. The summed E-state index contributed by atoms with van der Waals surface area (Å²) in [5.74, 6) is 0. The summed E-state index contributed by atoms with van der Waals surface area (Å²) in [6.07, 6.45) is 3.24.